The van der Waals surface area contributed by atoms with E-state index in [1.807, 2.05) is 0 Å². The van der Waals surface area contributed by atoms with Crippen LogP contribution in [-0.4, -0.2) is 43.3 Å². The normalized spacial score (nSPS) is 24.2. The fourth-order valence-corrected chi connectivity index (χ4v) is 3.11. The van der Waals surface area contributed by atoms with Crippen LogP contribution in [0.4, 0.5) is 0 Å². The molecule has 0 aromatic heterocycles. The largest absolute Gasteiger partial charge is 0.377 e. The molecule has 2 atom stereocenters. The molecule has 0 aliphatic carbocycles. The summed E-state index contributed by atoms with van der Waals surface area (Å²) in [4.78, 5) is 2.57. The highest BCUT2D eigenvalue weighted by Crippen LogP contribution is 2.23. The smallest absolute Gasteiger partial charge is 0.0702 e. The highest BCUT2D eigenvalue weighted by molar-refractivity contribution is 4.84. The maximum Gasteiger partial charge on any atom is 0.0702 e. The maximum atomic E-state index is 5.99. The molecular formula is C14H30N2O. The molecule has 3 heteroatoms. The molecule has 1 aliphatic heterocycles. The number of ether oxygens (including phenoxy) is 1. The van der Waals surface area contributed by atoms with Crippen LogP contribution in [0.2, 0.25) is 0 Å². The van der Waals surface area contributed by atoms with E-state index in [1.54, 1.807) is 0 Å². The van der Waals surface area contributed by atoms with Crippen LogP contribution in [0, 0.1) is 5.92 Å². The topological polar surface area (TPSA) is 38.5 Å². The van der Waals surface area contributed by atoms with Gasteiger partial charge in [0.2, 0.25) is 0 Å². The monoisotopic (exact) mass is 242 g/mol. The maximum absolute atomic E-state index is 5.99. The number of nitrogens with zero attached hydrogens (tertiary/aromatic N) is 1. The van der Waals surface area contributed by atoms with E-state index in [9.17, 15) is 0 Å². The Balaban J connectivity index is 2.55. The Hall–Kier alpha value is -0.120. The number of piperidine rings is 1. The molecule has 2 unspecified atom stereocenters. The summed E-state index contributed by atoms with van der Waals surface area (Å²) in [5.41, 5.74) is 5.99. The van der Waals surface area contributed by atoms with Crippen molar-refractivity contribution in [3.63, 3.8) is 0 Å². The van der Waals surface area contributed by atoms with E-state index in [2.05, 4.69) is 25.7 Å². The van der Waals surface area contributed by atoms with Crippen LogP contribution >= 0.6 is 0 Å². The van der Waals surface area contributed by atoms with Crippen molar-refractivity contribution in [1.82, 2.24) is 4.90 Å². The third-order valence-electron chi connectivity index (χ3n) is 4.12. The van der Waals surface area contributed by atoms with Crippen molar-refractivity contribution in [2.45, 2.75) is 58.6 Å². The molecule has 1 aliphatic rings. The fraction of sp³-hybridized carbons (Fsp3) is 1.00. The minimum absolute atomic E-state index is 0.428. The van der Waals surface area contributed by atoms with Crippen LogP contribution in [0.15, 0.2) is 0 Å². The molecule has 1 heterocycles. The van der Waals surface area contributed by atoms with Gasteiger partial charge in [-0.05, 0) is 32.2 Å². The van der Waals surface area contributed by atoms with Gasteiger partial charge in [-0.15, -0.1) is 0 Å². The third-order valence-corrected chi connectivity index (χ3v) is 4.12. The van der Waals surface area contributed by atoms with Gasteiger partial charge in [-0.2, -0.15) is 0 Å². The highest BCUT2D eigenvalue weighted by atomic mass is 16.5. The lowest BCUT2D eigenvalue weighted by Gasteiger charge is -2.40. The van der Waals surface area contributed by atoms with Crippen molar-refractivity contribution in [2.75, 3.05) is 26.2 Å². The second kappa shape index (κ2) is 8.06. The van der Waals surface area contributed by atoms with Gasteiger partial charge in [0, 0.05) is 25.7 Å². The summed E-state index contributed by atoms with van der Waals surface area (Å²) in [6.07, 6.45) is 5.35. The highest BCUT2D eigenvalue weighted by Gasteiger charge is 2.29. The SMILES string of the molecule is CCOC1CCCN(C(CN)C(CC)CC)C1. The predicted octanol–water partition coefficient (Wildman–Crippen LogP) is 2.25. The van der Waals surface area contributed by atoms with Crippen molar-refractivity contribution in [3.8, 4) is 0 Å². The average molecular weight is 242 g/mol. The first-order valence-electron chi connectivity index (χ1n) is 7.32. The Morgan fingerprint density at radius 2 is 2.00 bits per heavy atom. The van der Waals surface area contributed by atoms with Gasteiger partial charge in [0.05, 0.1) is 6.10 Å². The first-order valence-corrected chi connectivity index (χ1v) is 7.32. The van der Waals surface area contributed by atoms with Crippen molar-refractivity contribution in [2.24, 2.45) is 11.7 Å². The van der Waals surface area contributed by atoms with Gasteiger partial charge in [0.1, 0.15) is 0 Å². The molecule has 0 saturated carbocycles. The van der Waals surface area contributed by atoms with E-state index >= 15 is 0 Å². The molecule has 17 heavy (non-hydrogen) atoms. The summed E-state index contributed by atoms with van der Waals surface area (Å²) in [7, 11) is 0. The molecule has 0 aromatic rings. The summed E-state index contributed by atoms with van der Waals surface area (Å²) in [5.74, 6) is 0.736. The molecule has 1 fully saturated rings. The lowest BCUT2D eigenvalue weighted by atomic mass is 9.91. The van der Waals surface area contributed by atoms with Crippen molar-refractivity contribution in [3.05, 3.63) is 0 Å². The number of hydrogen-bond donors (Lipinski definition) is 1. The predicted molar refractivity (Wildman–Crippen MR) is 73.1 cm³/mol. The van der Waals surface area contributed by atoms with E-state index in [-0.39, 0.29) is 0 Å². The Kier molecular flexibility index (Phi) is 7.09. The lowest BCUT2D eigenvalue weighted by Crippen LogP contribution is -2.51. The standard InChI is InChI=1S/C14H30N2O/c1-4-12(5-2)14(10-15)16-9-7-8-13(11-16)17-6-3/h12-14H,4-11,15H2,1-3H3. The quantitative estimate of drug-likeness (QED) is 0.744. The molecule has 1 saturated heterocycles. The third kappa shape index (κ3) is 4.23. The molecule has 102 valence electrons. The summed E-state index contributed by atoms with van der Waals surface area (Å²) < 4.78 is 5.77. The first-order chi connectivity index (χ1) is 8.26. The van der Waals surface area contributed by atoms with Gasteiger partial charge in [0.25, 0.3) is 0 Å². The van der Waals surface area contributed by atoms with Crippen molar-refractivity contribution in [1.29, 1.82) is 0 Å². The summed E-state index contributed by atoms with van der Waals surface area (Å²) in [6.45, 7) is 10.5. The minimum Gasteiger partial charge on any atom is -0.377 e. The number of hydrogen-bond acceptors (Lipinski definition) is 3. The molecule has 0 aromatic carbocycles. The molecule has 1 rings (SSSR count). The van der Waals surface area contributed by atoms with Crippen LogP contribution in [0.1, 0.15) is 46.5 Å². The molecule has 0 amide bonds. The van der Waals surface area contributed by atoms with E-state index < -0.39 is 0 Å². The van der Waals surface area contributed by atoms with E-state index in [4.69, 9.17) is 10.5 Å². The van der Waals surface area contributed by atoms with Crippen molar-refractivity contribution < 1.29 is 4.74 Å². The Morgan fingerprint density at radius 3 is 2.53 bits per heavy atom. The zero-order valence-electron chi connectivity index (χ0n) is 11.8. The minimum atomic E-state index is 0.428. The van der Waals surface area contributed by atoms with Gasteiger partial charge in [-0.25, -0.2) is 0 Å². The van der Waals surface area contributed by atoms with Gasteiger partial charge in [-0.3, -0.25) is 4.90 Å². The molecule has 0 radical (unpaired) electrons. The van der Waals surface area contributed by atoms with Crippen molar-refractivity contribution >= 4 is 0 Å². The number of rotatable bonds is 7. The van der Waals surface area contributed by atoms with E-state index in [0.29, 0.717) is 12.1 Å². The van der Waals surface area contributed by atoms with E-state index in [1.165, 1.54) is 32.2 Å². The van der Waals surface area contributed by atoms with Crippen LogP contribution in [-0.2, 0) is 4.74 Å². The number of likely N-dealkylation sites (tertiary alicyclic amines) is 1. The summed E-state index contributed by atoms with van der Waals surface area (Å²) in [6, 6.07) is 0.549. The van der Waals surface area contributed by atoms with Crippen LogP contribution < -0.4 is 5.73 Å². The average Bonchev–Trinajstić information content (AvgIpc) is 2.36. The van der Waals surface area contributed by atoms with Crippen LogP contribution in [0.5, 0.6) is 0 Å². The first kappa shape index (κ1) is 14.9. The van der Waals surface area contributed by atoms with E-state index in [0.717, 1.165) is 25.6 Å². The molecule has 0 spiro atoms. The lowest BCUT2D eigenvalue weighted by molar-refractivity contribution is -0.0155. The fourth-order valence-electron chi connectivity index (χ4n) is 3.11. The molecule has 0 bridgehead atoms. The van der Waals surface area contributed by atoms with Crippen LogP contribution in [0.3, 0.4) is 0 Å². The number of nitrogens with two attached hydrogens (primary N) is 1. The van der Waals surface area contributed by atoms with Gasteiger partial charge in [0.15, 0.2) is 0 Å². The zero-order valence-corrected chi connectivity index (χ0v) is 11.8. The molecular weight excluding hydrogens is 212 g/mol. The Bertz CT molecular complexity index is 193. The second-order valence-electron chi connectivity index (χ2n) is 5.09. The Labute approximate surface area is 107 Å². The summed E-state index contributed by atoms with van der Waals surface area (Å²) in [5, 5.41) is 0. The van der Waals surface area contributed by atoms with Gasteiger partial charge < -0.3 is 10.5 Å². The Morgan fingerprint density at radius 1 is 1.29 bits per heavy atom. The second-order valence-corrected chi connectivity index (χ2v) is 5.09. The van der Waals surface area contributed by atoms with Crippen LogP contribution in [0.25, 0.3) is 0 Å². The van der Waals surface area contributed by atoms with Gasteiger partial charge in [-0.1, -0.05) is 26.7 Å². The zero-order chi connectivity index (χ0) is 12.7. The molecule has 3 nitrogen and oxygen atoms in total. The molecule has 2 N–H and O–H groups in total. The van der Waals surface area contributed by atoms with Gasteiger partial charge >= 0.3 is 0 Å². The summed E-state index contributed by atoms with van der Waals surface area (Å²) >= 11 is 0.